The quantitative estimate of drug-likeness (QED) is 0.533. The number of hydrogen-bond donors (Lipinski definition) is 1. The van der Waals surface area contributed by atoms with Gasteiger partial charge in [0.2, 0.25) is 5.91 Å². The van der Waals surface area contributed by atoms with Gasteiger partial charge in [0, 0.05) is 12.1 Å². The highest BCUT2D eigenvalue weighted by Gasteiger charge is 2.25. The number of rotatable bonds is 4. The number of pyridine rings is 1. The summed E-state index contributed by atoms with van der Waals surface area (Å²) >= 11 is 1.29. The normalized spacial score (nSPS) is 18.0. The molecule has 0 fully saturated rings. The summed E-state index contributed by atoms with van der Waals surface area (Å²) in [4.78, 5) is 12.5. The van der Waals surface area contributed by atoms with Crippen molar-refractivity contribution < 1.29 is 9.52 Å². The van der Waals surface area contributed by atoms with Crippen LogP contribution in [0, 0.1) is 5.21 Å². The first-order chi connectivity index (χ1) is 11.1. The Morgan fingerprint density at radius 1 is 1.30 bits per heavy atom. The summed E-state index contributed by atoms with van der Waals surface area (Å²) in [7, 11) is 0. The lowest BCUT2D eigenvalue weighted by molar-refractivity contribution is -0.645. The molecule has 1 aliphatic rings. The number of benzene rings is 1. The van der Waals surface area contributed by atoms with E-state index in [1.54, 1.807) is 18.2 Å². The van der Waals surface area contributed by atoms with Crippen LogP contribution in [-0.4, -0.2) is 11.2 Å². The third-order valence-electron chi connectivity index (χ3n) is 4.14. The third kappa shape index (κ3) is 3.67. The maximum absolute atomic E-state index is 12.5. The highest BCUT2D eigenvalue weighted by Crippen LogP contribution is 2.30. The van der Waals surface area contributed by atoms with Gasteiger partial charge in [-0.2, -0.15) is 4.73 Å². The van der Waals surface area contributed by atoms with Gasteiger partial charge in [-0.3, -0.25) is 4.79 Å². The molecule has 1 aromatic heterocycles. The van der Waals surface area contributed by atoms with Gasteiger partial charge in [-0.05, 0) is 55.1 Å². The molecule has 3 rings (SSSR count). The number of amides is 1. The van der Waals surface area contributed by atoms with Crippen molar-refractivity contribution in [3.8, 4) is 0 Å². The zero-order valence-corrected chi connectivity index (χ0v) is 13.9. The molecule has 120 valence electrons. The van der Waals surface area contributed by atoms with Gasteiger partial charge in [-0.1, -0.05) is 24.3 Å². The number of thioether (sulfide) groups is 1. The smallest absolute Gasteiger partial charge is 0.252 e. The van der Waals surface area contributed by atoms with Gasteiger partial charge in [-0.15, -0.1) is 0 Å². The van der Waals surface area contributed by atoms with E-state index in [9.17, 15) is 10.0 Å². The van der Waals surface area contributed by atoms with Gasteiger partial charge in [0.1, 0.15) is 0 Å². The van der Waals surface area contributed by atoms with E-state index in [0.29, 0.717) is 5.03 Å². The molecular weight excluding hydrogens is 308 g/mol. The van der Waals surface area contributed by atoms with Crippen molar-refractivity contribution in [2.75, 3.05) is 0 Å². The highest BCUT2D eigenvalue weighted by molar-refractivity contribution is 8.00. The third-order valence-corrected chi connectivity index (χ3v) is 5.27. The van der Waals surface area contributed by atoms with E-state index in [1.165, 1.54) is 29.1 Å². The minimum absolute atomic E-state index is 0.0273. The van der Waals surface area contributed by atoms with Crippen LogP contribution in [0.15, 0.2) is 53.7 Å². The predicted octanol–water partition coefficient (Wildman–Crippen LogP) is 2.99. The van der Waals surface area contributed by atoms with Crippen molar-refractivity contribution in [1.29, 1.82) is 0 Å². The zero-order valence-electron chi connectivity index (χ0n) is 13.1. The van der Waals surface area contributed by atoms with E-state index in [1.807, 2.05) is 19.1 Å². The van der Waals surface area contributed by atoms with Gasteiger partial charge in [-0.25, -0.2) is 0 Å². The summed E-state index contributed by atoms with van der Waals surface area (Å²) in [5.41, 5.74) is 2.55. The minimum Gasteiger partial charge on any atom is -0.618 e. The minimum atomic E-state index is -0.313. The Kier molecular flexibility index (Phi) is 4.86. The number of carbonyl (C=O) groups is 1. The molecule has 0 unspecified atom stereocenters. The number of fused-ring (bicyclic) bond motifs is 1. The zero-order chi connectivity index (χ0) is 16.2. The van der Waals surface area contributed by atoms with Gasteiger partial charge in [0.25, 0.3) is 5.03 Å². The van der Waals surface area contributed by atoms with Gasteiger partial charge >= 0.3 is 0 Å². The monoisotopic (exact) mass is 328 g/mol. The summed E-state index contributed by atoms with van der Waals surface area (Å²) in [6.07, 6.45) is 4.58. The first kappa shape index (κ1) is 15.9. The fourth-order valence-electron chi connectivity index (χ4n) is 2.93. The Balaban J connectivity index is 1.67. The van der Waals surface area contributed by atoms with E-state index in [0.717, 1.165) is 24.0 Å². The predicted molar refractivity (Wildman–Crippen MR) is 91.0 cm³/mol. The number of aromatic nitrogens is 1. The molecule has 4 nitrogen and oxygen atoms in total. The Bertz CT molecular complexity index is 705. The molecule has 0 spiro atoms. The average Bonchev–Trinajstić information content (AvgIpc) is 2.57. The Hall–Kier alpha value is -2.01. The standard InChI is InChI=1S/C18H20N2O2S/c1-13(23-17-11-4-5-12-20(17)22)18(21)19-16-10-6-8-14-7-2-3-9-15(14)16/h2-5,7,9,11-13,16H,6,8,10H2,1H3,(H,19,21)/t13-,16-/m1/s1. The van der Waals surface area contributed by atoms with Crippen LogP contribution in [0.1, 0.15) is 36.9 Å². The van der Waals surface area contributed by atoms with Crippen LogP contribution in [0.3, 0.4) is 0 Å². The van der Waals surface area contributed by atoms with Crippen molar-refractivity contribution in [2.24, 2.45) is 0 Å². The first-order valence-electron chi connectivity index (χ1n) is 7.88. The molecule has 2 atom stereocenters. The molecule has 0 bridgehead atoms. The van der Waals surface area contributed by atoms with E-state index in [-0.39, 0.29) is 17.2 Å². The largest absolute Gasteiger partial charge is 0.618 e. The lowest BCUT2D eigenvalue weighted by atomic mass is 9.88. The molecule has 0 saturated carbocycles. The van der Waals surface area contributed by atoms with Crippen LogP contribution in [0.2, 0.25) is 0 Å². The second-order valence-corrected chi connectivity index (χ2v) is 7.14. The van der Waals surface area contributed by atoms with E-state index >= 15 is 0 Å². The summed E-state index contributed by atoms with van der Waals surface area (Å²) in [6.45, 7) is 1.84. The van der Waals surface area contributed by atoms with Crippen molar-refractivity contribution >= 4 is 17.7 Å². The number of aryl methyl sites for hydroxylation is 1. The van der Waals surface area contributed by atoms with Crippen LogP contribution in [0.25, 0.3) is 0 Å². The Morgan fingerprint density at radius 2 is 2.09 bits per heavy atom. The molecule has 1 heterocycles. The van der Waals surface area contributed by atoms with E-state index < -0.39 is 0 Å². The van der Waals surface area contributed by atoms with Crippen LogP contribution in [-0.2, 0) is 11.2 Å². The molecule has 2 aromatic rings. The Morgan fingerprint density at radius 3 is 2.91 bits per heavy atom. The maximum Gasteiger partial charge on any atom is 0.252 e. The van der Waals surface area contributed by atoms with Crippen molar-refractivity contribution in [1.82, 2.24) is 5.32 Å². The number of nitrogens with zero attached hydrogens (tertiary/aromatic N) is 1. The molecule has 1 aromatic carbocycles. The SMILES string of the molecule is C[C@@H](Sc1cccc[n+]1[O-])C(=O)N[C@@H]1CCCc2ccccc21. The molecule has 1 amide bonds. The maximum atomic E-state index is 12.5. The molecule has 0 aliphatic heterocycles. The van der Waals surface area contributed by atoms with Crippen LogP contribution < -0.4 is 10.0 Å². The van der Waals surface area contributed by atoms with Gasteiger partial charge in [0.05, 0.1) is 11.3 Å². The van der Waals surface area contributed by atoms with Crippen LogP contribution >= 0.6 is 11.8 Å². The topological polar surface area (TPSA) is 56.0 Å². The summed E-state index contributed by atoms with van der Waals surface area (Å²) < 4.78 is 0.796. The Labute approximate surface area is 140 Å². The second kappa shape index (κ2) is 7.04. The van der Waals surface area contributed by atoms with Crippen molar-refractivity contribution in [2.45, 2.75) is 42.5 Å². The molecule has 23 heavy (non-hydrogen) atoms. The fraction of sp³-hybridized carbons (Fsp3) is 0.333. The van der Waals surface area contributed by atoms with Crippen LogP contribution in [0.5, 0.6) is 0 Å². The molecule has 5 heteroatoms. The fourth-order valence-corrected chi connectivity index (χ4v) is 3.79. The molecular formula is C18H20N2O2S. The van der Waals surface area contributed by atoms with Gasteiger partial charge < -0.3 is 10.5 Å². The lowest BCUT2D eigenvalue weighted by Crippen LogP contribution is -2.37. The van der Waals surface area contributed by atoms with Crippen molar-refractivity contribution in [3.63, 3.8) is 0 Å². The number of hydrogen-bond acceptors (Lipinski definition) is 3. The second-order valence-electron chi connectivity index (χ2n) is 5.78. The summed E-state index contributed by atoms with van der Waals surface area (Å²) in [5.74, 6) is -0.0273. The summed E-state index contributed by atoms with van der Waals surface area (Å²) in [6, 6.07) is 13.6. The summed E-state index contributed by atoms with van der Waals surface area (Å²) in [5, 5.41) is 15.1. The number of nitrogens with one attached hydrogen (secondary N) is 1. The average molecular weight is 328 g/mol. The van der Waals surface area contributed by atoms with E-state index in [2.05, 4.69) is 17.4 Å². The lowest BCUT2D eigenvalue weighted by Gasteiger charge is -2.27. The molecule has 0 radical (unpaired) electrons. The highest BCUT2D eigenvalue weighted by atomic mass is 32.2. The molecule has 1 N–H and O–H groups in total. The molecule has 0 saturated heterocycles. The first-order valence-corrected chi connectivity index (χ1v) is 8.76. The van der Waals surface area contributed by atoms with Gasteiger partial charge in [0.15, 0.2) is 6.20 Å². The van der Waals surface area contributed by atoms with E-state index in [4.69, 9.17) is 0 Å². The van der Waals surface area contributed by atoms with Crippen molar-refractivity contribution in [3.05, 3.63) is 65.0 Å². The number of carbonyl (C=O) groups excluding carboxylic acids is 1. The molecule has 1 aliphatic carbocycles. The van der Waals surface area contributed by atoms with Crippen LogP contribution in [0.4, 0.5) is 0 Å².